The zero-order valence-corrected chi connectivity index (χ0v) is 22.4. The molecule has 9 nitrogen and oxygen atoms in total. The summed E-state index contributed by atoms with van der Waals surface area (Å²) in [6, 6.07) is 14.8. The number of hydrogen-bond donors (Lipinski definition) is 1. The zero-order chi connectivity index (χ0) is 27.1. The Balaban J connectivity index is 1.55. The van der Waals surface area contributed by atoms with Crippen molar-refractivity contribution in [1.29, 1.82) is 0 Å². The van der Waals surface area contributed by atoms with Crippen molar-refractivity contribution in [2.45, 2.75) is 13.0 Å². The number of hydrogen-bond acceptors (Lipinski definition) is 7. The fourth-order valence-electron chi connectivity index (χ4n) is 5.16. The van der Waals surface area contributed by atoms with Crippen LogP contribution in [0.4, 0.5) is 15.8 Å². The van der Waals surface area contributed by atoms with Crippen LogP contribution in [-0.4, -0.2) is 50.7 Å². The van der Waals surface area contributed by atoms with Crippen LogP contribution in [0.5, 0.6) is 5.75 Å². The van der Waals surface area contributed by atoms with E-state index < -0.39 is 16.2 Å². The quantitative estimate of drug-likeness (QED) is 0.207. The smallest absolute Gasteiger partial charge is 0.359 e. The molecule has 0 unspecified atom stereocenters. The summed E-state index contributed by atoms with van der Waals surface area (Å²) in [6.45, 7) is 3.52. The largest absolute Gasteiger partial charge is 0.507 e. The van der Waals surface area contributed by atoms with Crippen molar-refractivity contribution in [2.24, 2.45) is 7.05 Å². The minimum absolute atomic E-state index is 0.173. The summed E-state index contributed by atoms with van der Waals surface area (Å²) in [5.41, 5.74) is 2.10. The molecule has 1 aliphatic heterocycles. The first-order chi connectivity index (χ1) is 18.2. The number of phenols is 1. The minimum atomic E-state index is -0.696. The molecule has 1 aliphatic rings. The van der Waals surface area contributed by atoms with E-state index in [1.165, 1.54) is 23.7 Å². The van der Waals surface area contributed by atoms with Gasteiger partial charge in [-0.2, -0.15) is 0 Å². The molecule has 0 aliphatic carbocycles. The van der Waals surface area contributed by atoms with Crippen molar-refractivity contribution in [1.82, 2.24) is 14.5 Å². The van der Waals surface area contributed by atoms with Gasteiger partial charge in [0.25, 0.3) is 0 Å². The van der Waals surface area contributed by atoms with Crippen LogP contribution in [0.3, 0.4) is 0 Å². The lowest BCUT2D eigenvalue weighted by Crippen LogP contribution is -2.48. The molecule has 0 bridgehead atoms. The number of pyridine rings is 2. The SMILES string of the molecule is Cc1cccc([C@H](c2ccc(F)cc2)N2CCN(c3c([N+](=O)[O-])c(=O)n(C)c4ccc(Br)nc34)CC2)c1O. The number of nitrogens with zero attached hydrogens (tertiary/aromatic N) is 5. The molecular weight excluding hydrogens is 557 g/mol. The molecule has 3 heterocycles. The summed E-state index contributed by atoms with van der Waals surface area (Å²) in [4.78, 5) is 32.9. The monoisotopic (exact) mass is 581 g/mol. The average molecular weight is 582 g/mol. The predicted octanol–water partition coefficient (Wildman–Crippen LogP) is 4.67. The van der Waals surface area contributed by atoms with Crippen molar-refractivity contribution in [3.05, 3.63) is 102 Å². The molecule has 2 aromatic carbocycles. The van der Waals surface area contributed by atoms with Gasteiger partial charge in [-0.15, -0.1) is 0 Å². The van der Waals surface area contributed by atoms with Crippen molar-refractivity contribution in [3.8, 4) is 5.75 Å². The van der Waals surface area contributed by atoms with Crippen LogP contribution in [-0.2, 0) is 7.05 Å². The van der Waals surface area contributed by atoms with Crippen molar-refractivity contribution in [3.63, 3.8) is 0 Å². The first kappa shape index (κ1) is 25.8. The van der Waals surface area contributed by atoms with Crippen molar-refractivity contribution < 1.29 is 14.4 Å². The molecule has 0 amide bonds. The number of aromatic hydroxyl groups is 1. The molecule has 11 heteroatoms. The second-order valence-electron chi connectivity index (χ2n) is 9.31. The van der Waals surface area contributed by atoms with Crippen LogP contribution in [0.15, 0.2) is 64.0 Å². The molecule has 1 saturated heterocycles. The molecule has 0 spiro atoms. The third kappa shape index (κ3) is 4.52. The van der Waals surface area contributed by atoms with E-state index in [2.05, 4.69) is 25.8 Å². The number of halogens is 2. The predicted molar refractivity (Wildman–Crippen MR) is 146 cm³/mol. The van der Waals surface area contributed by atoms with E-state index >= 15 is 0 Å². The van der Waals surface area contributed by atoms with Gasteiger partial charge >= 0.3 is 11.2 Å². The molecule has 5 rings (SSSR count). The van der Waals surface area contributed by atoms with Gasteiger partial charge in [0.2, 0.25) is 0 Å². The van der Waals surface area contributed by atoms with Gasteiger partial charge in [0.1, 0.15) is 21.7 Å². The normalized spacial score (nSPS) is 15.1. The van der Waals surface area contributed by atoms with Crippen molar-refractivity contribution >= 4 is 38.3 Å². The number of aromatic nitrogens is 2. The van der Waals surface area contributed by atoms with E-state index in [1.54, 1.807) is 24.3 Å². The number of rotatable bonds is 5. The lowest BCUT2D eigenvalue weighted by molar-refractivity contribution is -0.385. The number of para-hydroxylation sites is 1. The molecule has 0 radical (unpaired) electrons. The van der Waals surface area contributed by atoms with Crippen LogP contribution >= 0.6 is 15.9 Å². The van der Waals surface area contributed by atoms with Crippen LogP contribution in [0.1, 0.15) is 22.7 Å². The maximum atomic E-state index is 13.7. The summed E-state index contributed by atoms with van der Waals surface area (Å²) in [6.07, 6.45) is 0. The fourth-order valence-corrected chi connectivity index (χ4v) is 5.47. The van der Waals surface area contributed by atoms with Gasteiger partial charge in [-0.25, -0.2) is 9.37 Å². The number of fused-ring (bicyclic) bond motifs is 1. The van der Waals surface area contributed by atoms with Gasteiger partial charge < -0.3 is 14.6 Å². The molecule has 4 aromatic rings. The van der Waals surface area contributed by atoms with E-state index in [0.29, 0.717) is 47.4 Å². The molecule has 196 valence electrons. The van der Waals surface area contributed by atoms with E-state index in [0.717, 1.165) is 11.1 Å². The zero-order valence-electron chi connectivity index (χ0n) is 20.8. The van der Waals surface area contributed by atoms with Gasteiger partial charge in [-0.05, 0) is 58.2 Å². The van der Waals surface area contributed by atoms with E-state index in [9.17, 15) is 24.4 Å². The Bertz CT molecular complexity index is 1600. The number of aryl methyl sites for hydroxylation is 2. The van der Waals surface area contributed by atoms with Gasteiger partial charge in [0.05, 0.1) is 16.5 Å². The standard InChI is InChI=1S/C27H25BrFN5O4/c1-16-4-3-5-19(26(16)35)23(17-6-8-18(29)9-7-17)32-12-14-33(15-13-32)24-22-20(10-11-21(28)30-22)31(2)27(36)25(24)34(37)38/h3-11,23,35H,12-15H2,1-2H3/t23-/m0/s1. The van der Waals surface area contributed by atoms with Crippen LogP contribution in [0, 0.1) is 22.9 Å². The maximum Gasteiger partial charge on any atom is 0.359 e. The van der Waals surface area contributed by atoms with Gasteiger partial charge in [0.15, 0.2) is 5.69 Å². The minimum Gasteiger partial charge on any atom is -0.507 e. The second-order valence-corrected chi connectivity index (χ2v) is 10.1. The number of nitro groups is 1. The third-order valence-corrected chi connectivity index (χ3v) is 7.53. The Labute approximate surface area is 226 Å². The van der Waals surface area contributed by atoms with Crippen LogP contribution < -0.4 is 10.5 Å². The van der Waals surface area contributed by atoms with Gasteiger partial charge in [0, 0.05) is 38.8 Å². The molecule has 2 aromatic heterocycles. The Morgan fingerprint density at radius 1 is 1.08 bits per heavy atom. The summed E-state index contributed by atoms with van der Waals surface area (Å²) in [5.74, 6) is -0.180. The molecular formula is C27H25BrFN5O4. The lowest BCUT2D eigenvalue weighted by atomic mass is 9.94. The average Bonchev–Trinajstić information content (AvgIpc) is 2.90. The third-order valence-electron chi connectivity index (χ3n) is 7.08. The highest BCUT2D eigenvalue weighted by molar-refractivity contribution is 9.10. The van der Waals surface area contributed by atoms with Crippen LogP contribution in [0.25, 0.3) is 11.0 Å². The Hall–Kier alpha value is -3.83. The van der Waals surface area contributed by atoms with Crippen LogP contribution in [0.2, 0.25) is 0 Å². The first-order valence-corrected chi connectivity index (χ1v) is 12.8. The second kappa shape index (κ2) is 10.1. The highest BCUT2D eigenvalue weighted by Gasteiger charge is 2.34. The summed E-state index contributed by atoms with van der Waals surface area (Å²) in [7, 11) is 1.50. The lowest BCUT2D eigenvalue weighted by Gasteiger charge is -2.40. The Kier molecular flexibility index (Phi) is 6.89. The van der Waals surface area contributed by atoms with Crippen molar-refractivity contribution in [2.75, 3.05) is 31.1 Å². The van der Waals surface area contributed by atoms with E-state index in [4.69, 9.17) is 0 Å². The van der Waals surface area contributed by atoms with Gasteiger partial charge in [-0.3, -0.25) is 19.8 Å². The fraction of sp³-hybridized carbons (Fsp3) is 0.259. The number of benzene rings is 2. The maximum absolute atomic E-state index is 13.7. The molecule has 0 saturated carbocycles. The molecule has 1 fully saturated rings. The summed E-state index contributed by atoms with van der Waals surface area (Å²) < 4.78 is 15.5. The van der Waals surface area contributed by atoms with E-state index in [-0.39, 0.29) is 23.3 Å². The first-order valence-electron chi connectivity index (χ1n) is 12.0. The number of phenolic OH excluding ortho intramolecular Hbond substituents is 1. The topological polar surface area (TPSA) is 105 Å². The number of anilines is 1. The molecule has 38 heavy (non-hydrogen) atoms. The Morgan fingerprint density at radius 2 is 1.76 bits per heavy atom. The molecule has 1 atom stereocenters. The molecule has 1 N–H and O–H groups in total. The highest BCUT2D eigenvalue weighted by Crippen LogP contribution is 2.38. The summed E-state index contributed by atoms with van der Waals surface area (Å²) in [5, 5.41) is 23.0. The number of piperazine rings is 1. The van der Waals surface area contributed by atoms with Gasteiger partial charge in [-0.1, -0.05) is 30.3 Å². The summed E-state index contributed by atoms with van der Waals surface area (Å²) >= 11 is 3.35. The van der Waals surface area contributed by atoms with E-state index in [1.807, 2.05) is 30.0 Å². The highest BCUT2D eigenvalue weighted by atomic mass is 79.9. The Morgan fingerprint density at radius 3 is 2.42 bits per heavy atom.